The van der Waals surface area contributed by atoms with Gasteiger partial charge in [-0.25, -0.2) is 4.79 Å². The van der Waals surface area contributed by atoms with E-state index in [0.29, 0.717) is 55.3 Å². The van der Waals surface area contributed by atoms with Gasteiger partial charge >= 0.3 is 6.03 Å². The van der Waals surface area contributed by atoms with Crippen molar-refractivity contribution in [1.82, 2.24) is 26.6 Å². The van der Waals surface area contributed by atoms with Crippen molar-refractivity contribution in [2.75, 3.05) is 31.9 Å². The fourth-order valence-corrected chi connectivity index (χ4v) is 16.1. The summed E-state index contributed by atoms with van der Waals surface area (Å²) >= 11 is 1.99. The van der Waals surface area contributed by atoms with Crippen LogP contribution >= 0.6 is 11.8 Å². The van der Waals surface area contributed by atoms with E-state index >= 15 is 0 Å². The van der Waals surface area contributed by atoms with Crippen molar-refractivity contribution in [3.8, 4) is 6.07 Å². The van der Waals surface area contributed by atoms with Gasteiger partial charge in [-0.05, 0) is 136 Å². The van der Waals surface area contributed by atoms with Crippen LogP contribution in [-0.2, 0) is 14.4 Å². The normalized spacial score (nSPS) is 37.2. The number of hydrogen-bond acceptors (Lipinski definition) is 8. The van der Waals surface area contributed by atoms with Gasteiger partial charge in [0.25, 0.3) is 0 Å². The first-order valence-corrected chi connectivity index (χ1v) is 25.9. The first kappa shape index (κ1) is 47.9. The molecule has 0 bridgehead atoms. The number of carbonyl (C=O) groups is 4. The molecule has 6 N–H and O–H groups in total. The molecule has 5 fully saturated rings. The number of aliphatic hydroxyl groups is 1. The summed E-state index contributed by atoms with van der Waals surface area (Å²) in [6.07, 6.45) is 18.4. The van der Waals surface area contributed by atoms with E-state index in [1.54, 1.807) is 0 Å². The van der Waals surface area contributed by atoms with Crippen LogP contribution in [0.3, 0.4) is 0 Å². The molecule has 0 radical (unpaired) electrons. The van der Waals surface area contributed by atoms with Crippen LogP contribution in [-0.4, -0.2) is 78.0 Å². The van der Waals surface area contributed by atoms with Gasteiger partial charge in [-0.2, -0.15) is 17.0 Å². The van der Waals surface area contributed by atoms with Crippen LogP contribution in [0, 0.1) is 61.6 Å². The number of fused-ring (bicyclic) bond motifs is 8. The number of nitrogens with one attached hydrogen (secondary N) is 5. The minimum atomic E-state index is -0.612. The van der Waals surface area contributed by atoms with E-state index in [-0.39, 0.29) is 63.4 Å². The largest absolute Gasteiger partial charge is 0.511 e. The van der Waals surface area contributed by atoms with E-state index in [1.165, 1.54) is 25.7 Å². The van der Waals surface area contributed by atoms with Crippen LogP contribution in [0.4, 0.5) is 4.79 Å². The van der Waals surface area contributed by atoms with Gasteiger partial charge in [0.1, 0.15) is 5.76 Å². The third kappa shape index (κ3) is 8.98. The van der Waals surface area contributed by atoms with Crippen LogP contribution < -0.4 is 26.6 Å². The van der Waals surface area contributed by atoms with E-state index < -0.39 is 16.2 Å². The molecule has 0 aromatic heterocycles. The van der Waals surface area contributed by atoms with E-state index in [0.717, 1.165) is 95.0 Å². The highest BCUT2D eigenvalue weighted by molar-refractivity contribution is 8.00. The lowest BCUT2D eigenvalue weighted by molar-refractivity contribution is -0.179. The summed E-state index contributed by atoms with van der Waals surface area (Å²) in [6.45, 7) is 18.8. The molecule has 350 valence electrons. The number of hydrogen-bond donors (Lipinski definition) is 6. The van der Waals surface area contributed by atoms with Crippen LogP contribution in [0.5, 0.6) is 0 Å². The average Bonchev–Trinajstić information content (AvgIpc) is 3.79. The number of nitrogens with zero attached hydrogens (tertiary/aromatic N) is 1. The molecule has 5 aliphatic carbocycles. The Balaban J connectivity index is 0.831. The van der Waals surface area contributed by atoms with Gasteiger partial charge in [0.05, 0.1) is 29.1 Å². The Labute approximate surface area is 382 Å². The van der Waals surface area contributed by atoms with Gasteiger partial charge in [-0.15, -0.1) is 0 Å². The molecule has 11 nitrogen and oxygen atoms in total. The number of amides is 4. The average molecular weight is 889 g/mol. The number of nitriles is 1. The Hall–Kier alpha value is -3.04. The lowest BCUT2D eigenvalue weighted by atomic mass is 9.34. The molecule has 0 spiro atoms. The predicted molar refractivity (Wildman–Crippen MR) is 251 cm³/mol. The summed E-state index contributed by atoms with van der Waals surface area (Å²) in [5.41, 5.74) is -0.588. The Morgan fingerprint density at radius 3 is 2.27 bits per heavy atom. The molecule has 0 unspecified atom stereocenters. The Kier molecular flexibility index (Phi) is 14.2. The van der Waals surface area contributed by atoms with Gasteiger partial charge in [0, 0.05) is 41.8 Å². The van der Waals surface area contributed by atoms with Crippen molar-refractivity contribution in [2.24, 2.45) is 50.2 Å². The fourth-order valence-electron chi connectivity index (χ4n) is 14.5. The zero-order chi connectivity index (χ0) is 45.4. The highest BCUT2D eigenvalue weighted by Gasteiger charge is 2.71. The molecule has 7 rings (SSSR count). The van der Waals surface area contributed by atoms with Gasteiger partial charge < -0.3 is 31.7 Å². The second-order valence-electron chi connectivity index (χ2n) is 23.0. The number of aliphatic hydroxyl groups excluding tert-OH is 1. The second-order valence-corrected chi connectivity index (χ2v) is 24.3. The minimum absolute atomic E-state index is 0.00692. The van der Waals surface area contributed by atoms with E-state index in [9.17, 15) is 29.5 Å². The number of thioether (sulfide) groups is 1. The maximum Gasteiger partial charge on any atom is 0.315 e. The number of carbonyl (C=O) groups excluding carboxylic acids is 4. The summed E-state index contributed by atoms with van der Waals surface area (Å²) in [6, 6.07) is 2.93. The quantitative estimate of drug-likeness (QED) is 0.0586. The highest BCUT2D eigenvalue weighted by Crippen LogP contribution is 2.75. The van der Waals surface area contributed by atoms with Crippen molar-refractivity contribution in [3.05, 3.63) is 23.0 Å². The molecule has 0 aromatic carbocycles. The summed E-state index contributed by atoms with van der Waals surface area (Å²) in [5, 5.41) is 37.9. The molecule has 2 saturated heterocycles. The maximum atomic E-state index is 14.9. The van der Waals surface area contributed by atoms with Crippen LogP contribution in [0.1, 0.15) is 164 Å². The van der Waals surface area contributed by atoms with Crippen LogP contribution in [0.2, 0.25) is 0 Å². The smallest absolute Gasteiger partial charge is 0.315 e. The Morgan fingerprint density at radius 2 is 1.54 bits per heavy atom. The SMILES string of the molecule is CC1(C)CC[C@]2(C(=O)NCCCC(=O)NCCCCCCNCCCCC[C@@H]3SC[C@@H]4NC(=O)N[C@@H]43)CC[C@]3(C)[C@H](C(=O)C=C4[C@@]5(C)CC(C#N)=C(O)C(C)(C)[C@@H]5CC[C@]43C)[C@@H]2C1. The molecule has 0 aromatic rings. The molecule has 3 saturated carbocycles. The zero-order valence-corrected chi connectivity index (χ0v) is 40.6. The fraction of sp³-hybridized carbons (Fsp3) is 0.824. The van der Waals surface area contributed by atoms with Crippen molar-refractivity contribution >= 4 is 35.4 Å². The molecule has 7 aliphatic rings. The first-order chi connectivity index (χ1) is 29.8. The number of unbranched alkanes of at least 4 members (excludes halogenated alkanes) is 5. The maximum absolute atomic E-state index is 14.9. The molecule has 2 heterocycles. The van der Waals surface area contributed by atoms with Crippen molar-refractivity contribution in [2.45, 2.75) is 181 Å². The molecular weight excluding hydrogens is 809 g/mol. The van der Waals surface area contributed by atoms with Gasteiger partial charge in [-0.1, -0.05) is 79.7 Å². The molecule has 4 amide bonds. The van der Waals surface area contributed by atoms with Gasteiger partial charge in [0.2, 0.25) is 11.8 Å². The topological polar surface area (TPSA) is 172 Å². The Morgan fingerprint density at radius 1 is 0.857 bits per heavy atom. The molecule has 63 heavy (non-hydrogen) atoms. The van der Waals surface area contributed by atoms with E-state index in [2.05, 4.69) is 81.1 Å². The molecule has 10 atom stereocenters. The van der Waals surface area contributed by atoms with Crippen LogP contribution in [0.15, 0.2) is 23.0 Å². The lowest BCUT2D eigenvalue weighted by Crippen LogP contribution is -2.66. The minimum Gasteiger partial charge on any atom is -0.511 e. The third-order valence-corrected chi connectivity index (χ3v) is 19.8. The second kappa shape index (κ2) is 18.7. The highest BCUT2D eigenvalue weighted by atomic mass is 32.2. The summed E-state index contributed by atoms with van der Waals surface area (Å²) in [7, 11) is 0. The first-order valence-electron chi connectivity index (χ1n) is 24.9. The van der Waals surface area contributed by atoms with Crippen molar-refractivity contribution < 1.29 is 24.3 Å². The van der Waals surface area contributed by atoms with Crippen LogP contribution in [0.25, 0.3) is 0 Å². The number of urea groups is 1. The summed E-state index contributed by atoms with van der Waals surface area (Å²) in [4.78, 5) is 53.8. The number of ketones is 1. The monoisotopic (exact) mass is 889 g/mol. The van der Waals surface area contributed by atoms with Gasteiger partial charge in [-0.3, -0.25) is 14.4 Å². The summed E-state index contributed by atoms with van der Waals surface area (Å²) < 4.78 is 0. The predicted octanol–water partition coefficient (Wildman–Crippen LogP) is 8.80. The number of allylic oxidation sites excluding steroid dienone is 4. The number of rotatable bonds is 18. The Bertz CT molecular complexity index is 1870. The summed E-state index contributed by atoms with van der Waals surface area (Å²) in [5.74, 6) is 1.24. The van der Waals surface area contributed by atoms with Crippen molar-refractivity contribution in [3.63, 3.8) is 0 Å². The molecular formula is C51H80N6O5S. The van der Waals surface area contributed by atoms with Crippen molar-refractivity contribution in [1.29, 1.82) is 5.26 Å². The molecule has 2 aliphatic heterocycles. The van der Waals surface area contributed by atoms with E-state index in [4.69, 9.17) is 0 Å². The standard InChI is InChI=1S/C51H80N6O5S/c1-46(2)20-22-51(23-21-50(7)41(34(51)30-46)36(58)28-39-48(5)29-33(31-52)43(60)47(3,4)38(48)18-19-49(39,50)6)44(61)55-27-15-17-40(59)54-26-14-9-8-12-24-53-25-13-10-11-16-37-42-35(32-63-37)56-45(62)57-42/h28,34-35,37-38,41-42,53,60H,8-27,29-30,32H2,1-7H3,(H,54,59)(H,55,61)(H2,56,57,62)/t34-,35-,37-,38-,41-,42-,48-,49+,50+,51-/m0/s1. The zero-order valence-electron chi connectivity index (χ0n) is 39.7. The molecule has 12 heteroatoms. The van der Waals surface area contributed by atoms with E-state index in [1.807, 2.05) is 17.8 Å². The third-order valence-electron chi connectivity index (χ3n) is 18.3. The lowest BCUT2D eigenvalue weighted by Gasteiger charge is -2.69. The van der Waals surface area contributed by atoms with Gasteiger partial charge in [0.15, 0.2) is 5.78 Å².